The summed E-state index contributed by atoms with van der Waals surface area (Å²) in [5, 5.41) is 0. The number of hydrogen-bond acceptors (Lipinski definition) is 3. The van der Waals surface area contributed by atoms with E-state index in [1.807, 2.05) is 6.92 Å². The van der Waals surface area contributed by atoms with Gasteiger partial charge in [0.25, 0.3) is 0 Å². The van der Waals surface area contributed by atoms with Crippen LogP contribution in [0.25, 0.3) is 0 Å². The van der Waals surface area contributed by atoms with Gasteiger partial charge >= 0.3 is 5.97 Å². The Bertz CT molecular complexity index is 240. The van der Waals surface area contributed by atoms with Crippen molar-refractivity contribution >= 4 is 5.97 Å². The molecule has 2 aliphatic carbocycles. The van der Waals surface area contributed by atoms with E-state index in [4.69, 9.17) is 10.5 Å². The van der Waals surface area contributed by atoms with Gasteiger partial charge < -0.3 is 10.5 Å². The van der Waals surface area contributed by atoms with Crippen molar-refractivity contribution in [3.63, 3.8) is 0 Å². The minimum Gasteiger partial charge on any atom is -0.466 e. The van der Waals surface area contributed by atoms with E-state index in [-0.39, 0.29) is 11.4 Å². The topological polar surface area (TPSA) is 52.3 Å². The lowest BCUT2D eigenvalue weighted by Crippen LogP contribution is -2.31. The standard InChI is InChI=1S/C12H21NO2/c1-2-15-11(14)7-12(8-13)5-9-3-4-10(9)6-12/h9-10H,2-8,13H2,1H3/t9-,10-/m0/s1. The van der Waals surface area contributed by atoms with E-state index in [0.29, 0.717) is 19.6 Å². The van der Waals surface area contributed by atoms with Gasteiger partial charge in [0.15, 0.2) is 0 Å². The molecule has 0 aromatic carbocycles. The molecule has 3 heteroatoms. The maximum atomic E-state index is 11.5. The van der Waals surface area contributed by atoms with Crippen molar-refractivity contribution in [2.24, 2.45) is 23.0 Å². The molecule has 0 aromatic heterocycles. The third-order valence-corrected chi connectivity index (χ3v) is 4.22. The Balaban J connectivity index is 1.94. The van der Waals surface area contributed by atoms with Crippen molar-refractivity contribution in [3.8, 4) is 0 Å². The normalized spacial score (nSPS) is 31.9. The second-order valence-corrected chi connectivity index (χ2v) is 5.19. The molecule has 0 bridgehead atoms. The zero-order valence-corrected chi connectivity index (χ0v) is 9.50. The van der Waals surface area contributed by atoms with Gasteiger partial charge in [0.05, 0.1) is 13.0 Å². The Morgan fingerprint density at radius 2 is 2.00 bits per heavy atom. The van der Waals surface area contributed by atoms with Crippen LogP contribution in [0, 0.1) is 17.3 Å². The Morgan fingerprint density at radius 3 is 2.40 bits per heavy atom. The molecule has 2 atom stereocenters. The number of nitrogens with two attached hydrogens (primary N) is 1. The lowest BCUT2D eigenvalue weighted by atomic mass is 9.77. The van der Waals surface area contributed by atoms with E-state index in [0.717, 1.165) is 24.7 Å². The van der Waals surface area contributed by atoms with Gasteiger partial charge in [-0.15, -0.1) is 0 Å². The molecule has 0 amide bonds. The predicted octanol–water partition coefficient (Wildman–Crippen LogP) is 1.70. The van der Waals surface area contributed by atoms with Gasteiger partial charge in [0.2, 0.25) is 0 Å². The highest BCUT2D eigenvalue weighted by molar-refractivity contribution is 5.70. The Hall–Kier alpha value is -0.570. The molecule has 2 N–H and O–H groups in total. The average molecular weight is 211 g/mol. The highest BCUT2D eigenvalue weighted by Crippen LogP contribution is 2.56. The van der Waals surface area contributed by atoms with Gasteiger partial charge in [0.1, 0.15) is 0 Å². The number of esters is 1. The third kappa shape index (κ3) is 2.03. The summed E-state index contributed by atoms with van der Waals surface area (Å²) < 4.78 is 5.03. The van der Waals surface area contributed by atoms with Crippen molar-refractivity contribution < 1.29 is 9.53 Å². The maximum Gasteiger partial charge on any atom is 0.306 e. The zero-order chi connectivity index (χ0) is 10.9. The van der Waals surface area contributed by atoms with Gasteiger partial charge in [-0.25, -0.2) is 0 Å². The zero-order valence-electron chi connectivity index (χ0n) is 9.50. The molecule has 2 aliphatic rings. The number of fused-ring (bicyclic) bond motifs is 1. The van der Waals surface area contributed by atoms with Crippen LogP contribution in [-0.2, 0) is 9.53 Å². The minimum absolute atomic E-state index is 0.0655. The average Bonchev–Trinajstić information content (AvgIpc) is 2.43. The fourth-order valence-corrected chi connectivity index (χ4v) is 3.27. The van der Waals surface area contributed by atoms with Gasteiger partial charge in [-0.1, -0.05) is 0 Å². The Labute approximate surface area is 91.4 Å². The van der Waals surface area contributed by atoms with Gasteiger partial charge in [-0.2, -0.15) is 0 Å². The number of hydrogen-bond donors (Lipinski definition) is 1. The summed E-state index contributed by atoms with van der Waals surface area (Å²) >= 11 is 0. The van der Waals surface area contributed by atoms with Crippen LogP contribution in [0.15, 0.2) is 0 Å². The molecule has 0 radical (unpaired) electrons. The fourth-order valence-electron chi connectivity index (χ4n) is 3.27. The van der Waals surface area contributed by atoms with E-state index in [2.05, 4.69) is 0 Å². The number of carbonyl (C=O) groups is 1. The fraction of sp³-hybridized carbons (Fsp3) is 0.917. The lowest BCUT2D eigenvalue weighted by molar-refractivity contribution is -0.145. The quantitative estimate of drug-likeness (QED) is 0.720. The Kier molecular flexibility index (Phi) is 3.01. The van der Waals surface area contributed by atoms with Gasteiger partial charge in [-0.05, 0) is 56.4 Å². The second-order valence-electron chi connectivity index (χ2n) is 5.19. The molecule has 0 spiro atoms. The molecule has 2 rings (SSSR count). The highest BCUT2D eigenvalue weighted by atomic mass is 16.5. The summed E-state index contributed by atoms with van der Waals surface area (Å²) in [5.41, 5.74) is 5.93. The largest absolute Gasteiger partial charge is 0.466 e. The van der Waals surface area contributed by atoms with Crippen molar-refractivity contribution in [2.45, 2.75) is 39.0 Å². The molecular formula is C12H21NO2. The van der Waals surface area contributed by atoms with Crippen molar-refractivity contribution in [2.75, 3.05) is 13.2 Å². The van der Waals surface area contributed by atoms with Crippen LogP contribution in [-0.4, -0.2) is 19.1 Å². The van der Waals surface area contributed by atoms with Crippen LogP contribution in [0.5, 0.6) is 0 Å². The smallest absolute Gasteiger partial charge is 0.306 e. The van der Waals surface area contributed by atoms with Crippen LogP contribution < -0.4 is 5.73 Å². The predicted molar refractivity (Wildman–Crippen MR) is 58.2 cm³/mol. The number of carbonyl (C=O) groups excluding carboxylic acids is 1. The van der Waals surface area contributed by atoms with Crippen LogP contribution in [0.1, 0.15) is 39.0 Å². The molecule has 0 unspecified atom stereocenters. The minimum atomic E-state index is -0.0655. The molecule has 2 fully saturated rings. The van der Waals surface area contributed by atoms with E-state index < -0.39 is 0 Å². The molecule has 15 heavy (non-hydrogen) atoms. The van der Waals surface area contributed by atoms with Crippen molar-refractivity contribution in [3.05, 3.63) is 0 Å². The Morgan fingerprint density at radius 1 is 1.40 bits per heavy atom. The van der Waals surface area contributed by atoms with Crippen molar-refractivity contribution in [1.29, 1.82) is 0 Å². The van der Waals surface area contributed by atoms with Crippen LogP contribution in [0.2, 0.25) is 0 Å². The first-order chi connectivity index (χ1) is 7.19. The second kappa shape index (κ2) is 4.12. The maximum absolute atomic E-state index is 11.5. The summed E-state index contributed by atoms with van der Waals surface area (Å²) in [6.07, 6.45) is 5.51. The van der Waals surface area contributed by atoms with Crippen LogP contribution in [0.4, 0.5) is 0 Å². The van der Waals surface area contributed by atoms with E-state index in [9.17, 15) is 4.79 Å². The van der Waals surface area contributed by atoms with Crippen LogP contribution in [0.3, 0.4) is 0 Å². The molecule has 0 aliphatic heterocycles. The first kappa shape index (κ1) is 10.9. The summed E-state index contributed by atoms with van der Waals surface area (Å²) in [6, 6.07) is 0. The SMILES string of the molecule is CCOC(=O)CC1(CN)C[C@@H]2CC[C@H]2C1. The lowest BCUT2D eigenvalue weighted by Gasteiger charge is -2.29. The number of rotatable bonds is 4. The first-order valence-electron chi connectivity index (χ1n) is 6.05. The first-order valence-corrected chi connectivity index (χ1v) is 6.05. The molecule has 2 saturated carbocycles. The molecular weight excluding hydrogens is 190 g/mol. The van der Waals surface area contributed by atoms with E-state index >= 15 is 0 Å². The van der Waals surface area contributed by atoms with E-state index in [1.54, 1.807) is 0 Å². The molecule has 0 aromatic rings. The summed E-state index contributed by atoms with van der Waals surface area (Å²) in [5.74, 6) is 1.63. The number of ether oxygens (including phenoxy) is 1. The molecule has 0 heterocycles. The summed E-state index contributed by atoms with van der Waals surface area (Å²) in [6.45, 7) is 2.97. The molecule has 3 nitrogen and oxygen atoms in total. The van der Waals surface area contributed by atoms with Gasteiger partial charge in [-0.3, -0.25) is 4.79 Å². The highest BCUT2D eigenvalue weighted by Gasteiger charge is 2.49. The van der Waals surface area contributed by atoms with E-state index in [1.165, 1.54) is 12.8 Å². The molecule has 86 valence electrons. The van der Waals surface area contributed by atoms with Crippen molar-refractivity contribution in [1.82, 2.24) is 0 Å². The van der Waals surface area contributed by atoms with Gasteiger partial charge in [0, 0.05) is 0 Å². The summed E-state index contributed by atoms with van der Waals surface area (Å²) in [4.78, 5) is 11.5. The summed E-state index contributed by atoms with van der Waals surface area (Å²) in [7, 11) is 0. The van der Waals surface area contributed by atoms with Crippen LogP contribution >= 0.6 is 0 Å². The third-order valence-electron chi connectivity index (χ3n) is 4.22. The molecule has 0 saturated heterocycles. The monoisotopic (exact) mass is 211 g/mol.